The molecule has 3 rings (SSSR count). The molecule has 23 heavy (non-hydrogen) atoms. The van der Waals surface area contributed by atoms with Crippen molar-refractivity contribution in [2.24, 2.45) is 0 Å². The van der Waals surface area contributed by atoms with Crippen LogP contribution in [-0.4, -0.2) is 91.3 Å². The number of hydrogen-bond donors (Lipinski definition) is 0. The molecule has 0 radical (unpaired) electrons. The van der Waals surface area contributed by atoms with Crippen LogP contribution < -0.4 is 14.4 Å². The van der Waals surface area contributed by atoms with Gasteiger partial charge in [-0.05, 0) is 26.9 Å². The molecule has 0 aliphatic carbocycles. The largest absolute Gasteiger partial charge is 0.467 e. The van der Waals surface area contributed by atoms with Crippen LogP contribution in [0, 0.1) is 0 Å². The van der Waals surface area contributed by atoms with Crippen molar-refractivity contribution in [3.8, 4) is 12.0 Å². The van der Waals surface area contributed by atoms with E-state index in [1.54, 1.807) is 14.2 Å². The molecule has 0 atom stereocenters. The molecular formula is C15H26N6O2. The number of aromatic nitrogens is 3. The summed E-state index contributed by atoms with van der Waals surface area (Å²) >= 11 is 0. The Balaban J connectivity index is 1.74. The first kappa shape index (κ1) is 16.2. The predicted molar refractivity (Wildman–Crippen MR) is 87.2 cm³/mol. The van der Waals surface area contributed by atoms with Gasteiger partial charge in [-0.25, -0.2) is 0 Å². The van der Waals surface area contributed by atoms with Gasteiger partial charge in [-0.3, -0.25) is 4.90 Å². The fourth-order valence-electron chi connectivity index (χ4n) is 3.57. The van der Waals surface area contributed by atoms with Gasteiger partial charge in [0.05, 0.1) is 14.2 Å². The van der Waals surface area contributed by atoms with Gasteiger partial charge in [0, 0.05) is 38.3 Å². The maximum atomic E-state index is 5.15. The molecule has 8 nitrogen and oxygen atoms in total. The minimum Gasteiger partial charge on any atom is -0.467 e. The molecule has 1 aromatic rings. The molecule has 0 saturated carbocycles. The standard InChI is InChI=1S/C15H26N6O2/c1-19-9-10-20(2)15(11-19)5-7-21(8-6-15)12-16-13(22-3)18-14(17-12)23-4/h5-11H2,1-4H3. The lowest BCUT2D eigenvalue weighted by Crippen LogP contribution is -2.63. The molecule has 2 fully saturated rings. The Labute approximate surface area is 137 Å². The van der Waals surface area contributed by atoms with Crippen LogP contribution in [0.1, 0.15) is 12.8 Å². The fraction of sp³-hybridized carbons (Fsp3) is 0.800. The van der Waals surface area contributed by atoms with E-state index < -0.39 is 0 Å². The molecule has 3 heterocycles. The van der Waals surface area contributed by atoms with Crippen molar-refractivity contribution in [2.45, 2.75) is 18.4 Å². The zero-order valence-electron chi connectivity index (χ0n) is 14.4. The number of piperidine rings is 1. The van der Waals surface area contributed by atoms with Crippen LogP contribution in [0.25, 0.3) is 0 Å². The van der Waals surface area contributed by atoms with Crippen LogP contribution in [0.4, 0.5) is 5.95 Å². The summed E-state index contributed by atoms with van der Waals surface area (Å²) < 4.78 is 10.3. The molecule has 0 unspecified atom stereocenters. The summed E-state index contributed by atoms with van der Waals surface area (Å²) in [5, 5.41) is 0. The van der Waals surface area contributed by atoms with Gasteiger partial charge < -0.3 is 19.3 Å². The SMILES string of the molecule is COc1nc(OC)nc(N2CCC3(CC2)CN(C)CCN3C)n1. The van der Waals surface area contributed by atoms with E-state index in [1.807, 2.05) is 0 Å². The van der Waals surface area contributed by atoms with Crippen LogP contribution in [0.2, 0.25) is 0 Å². The van der Waals surface area contributed by atoms with Gasteiger partial charge in [-0.15, -0.1) is 4.98 Å². The summed E-state index contributed by atoms with van der Waals surface area (Å²) in [6, 6.07) is 0.586. The number of likely N-dealkylation sites (N-methyl/N-ethyl adjacent to an activating group) is 2. The highest BCUT2D eigenvalue weighted by Crippen LogP contribution is 2.32. The number of anilines is 1. The molecule has 0 amide bonds. The third kappa shape index (κ3) is 3.18. The second-order valence-electron chi connectivity index (χ2n) is 6.48. The first-order chi connectivity index (χ1) is 11.1. The van der Waals surface area contributed by atoms with E-state index in [9.17, 15) is 0 Å². The summed E-state index contributed by atoms with van der Waals surface area (Å²) in [5.74, 6) is 0.635. The number of rotatable bonds is 3. The maximum absolute atomic E-state index is 5.15. The Morgan fingerprint density at radius 1 is 0.870 bits per heavy atom. The van der Waals surface area contributed by atoms with Gasteiger partial charge in [0.2, 0.25) is 5.95 Å². The lowest BCUT2D eigenvalue weighted by atomic mass is 9.84. The molecular weight excluding hydrogens is 296 g/mol. The monoisotopic (exact) mass is 322 g/mol. The molecule has 0 aromatic carbocycles. The topological polar surface area (TPSA) is 66.9 Å². The van der Waals surface area contributed by atoms with Crippen molar-refractivity contribution in [3.63, 3.8) is 0 Å². The Morgan fingerprint density at radius 2 is 1.48 bits per heavy atom. The summed E-state index contributed by atoms with van der Waals surface area (Å²) in [6.45, 7) is 5.25. The smallest absolute Gasteiger partial charge is 0.324 e. The Morgan fingerprint density at radius 3 is 2.04 bits per heavy atom. The van der Waals surface area contributed by atoms with E-state index in [1.165, 1.54) is 0 Å². The highest BCUT2D eigenvalue weighted by atomic mass is 16.5. The van der Waals surface area contributed by atoms with Crippen molar-refractivity contribution in [1.29, 1.82) is 0 Å². The highest BCUT2D eigenvalue weighted by molar-refractivity contribution is 5.33. The second kappa shape index (κ2) is 6.45. The lowest BCUT2D eigenvalue weighted by molar-refractivity contribution is 0.00925. The quantitative estimate of drug-likeness (QED) is 0.776. The average Bonchev–Trinajstić information content (AvgIpc) is 2.58. The summed E-state index contributed by atoms with van der Waals surface area (Å²) in [5.41, 5.74) is 0.269. The van der Waals surface area contributed by atoms with E-state index >= 15 is 0 Å². The number of piperazine rings is 1. The molecule has 1 aromatic heterocycles. The predicted octanol–water partition coefficient (Wildman–Crippen LogP) is 0.105. The van der Waals surface area contributed by atoms with E-state index in [2.05, 4.69) is 43.7 Å². The number of nitrogens with zero attached hydrogens (tertiary/aromatic N) is 6. The minimum absolute atomic E-state index is 0.269. The Kier molecular flexibility index (Phi) is 4.54. The van der Waals surface area contributed by atoms with Crippen molar-refractivity contribution in [1.82, 2.24) is 24.8 Å². The van der Waals surface area contributed by atoms with Crippen molar-refractivity contribution >= 4 is 5.95 Å². The van der Waals surface area contributed by atoms with E-state index in [0.717, 1.165) is 45.6 Å². The van der Waals surface area contributed by atoms with Crippen molar-refractivity contribution < 1.29 is 9.47 Å². The average molecular weight is 322 g/mol. The highest BCUT2D eigenvalue weighted by Gasteiger charge is 2.41. The minimum atomic E-state index is 0.269. The van der Waals surface area contributed by atoms with Crippen LogP contribution in [0.15, 0.2) is 0 Å². The fourth-order valence-corrected chi connectivity index (χ4v) is 3.57. The van der Waals surface area contributed by atoms with E-state index in [-0.39, 0.29) is 5.54 Å². The van der Waals surface area contributed by atoms with Gasteiger partial charge in [0.25, 0.3) is 0 Å². The molecule has 2 aliphatic heterocycles. The summed E-state index contributed by atoms with van der Waals surface area (Å²) in [4.78, 5) is 20.0. The summed E-state index contributed by atoms with van der Waals surface area (Å²) in [6.07, 6.45) is 2.20. The third-order valence-corrected chi connectivity index (χ3v) is 5.12. The van der Waals surface area contributed by atoms with E-state index in [4.69, 9.17) is 9.47 Å². The third-order valence-electron chi connectivity index (χ3n) is 5.12. The molecule has 0 N–H and O–H groups in total. The van der Waals surface area contributed by atoms with Crippen LogP contribution in [0.3, 0.4) is 0 Å². The number of methoxy groups -OCH3 is 2. The molecule has 0 bridgehead atoms. The van der Waals surface area contributed by atoms with Gasteiger partial charge in [0.1, 0.15) is 0 Å². The maximum Gasteiger partial charge on any atom is 0.324 e. The second-order valence-corrected chi connectivity index (χ2v) is 6.48. The van der Waals surface area contributed by atoms with Gasteiger partial charge in [-0.2, -0.15) is 9.97 Å². The first-order valence-electron chi connectivity index (χ1n) is 8.05. The molecule has 2 saturated heterocycles. The molecule has 1 spiro atoms. The van der Waals surface area contributed by atoms with E-state index in [0.29, 0.717) is 18.0 Å². The first-order valence-corrected chi connectivity index (χ1v) is 8.05. The molecule has 8 heteroatoms. The van der Waals surface area contributed by atoms with Crippen molar-refractivity contribution in [2.75, 3.05) is 65.9 Å². The normalized spacial score (nSPS) is 22.3. The number of ether oxygens (including phenoxy) is 2. The Hall–Kier alpha value is -1.67. The van der Waals surface area contributed by atoms with Crippen LogP contribution >= 0.6 is 0 Å². The zero-order chi connectivity index (χ0) is 16.4. The van der Waals surface area contributed by atoms with Crippen molar-refractivity contribution in [3.05, 3.63) is 0 Å². The molecule has 128 valence electrons. The number of hydrogen-bond acceptors (Lipinski definition) is 8. The zero-order valence-corrected chi connectivity index (χ0v) is 14.4. The Bertz CT molecular complexity index is 525. The molecule has 2 aliphatic rings. The lowest BCUT2D eigenvalue weighted by Gasteiger charge is -2.52. The summed E-state index contributed by atoms with van der Waals surface area (Å²) in [7, 11) is 7.56. The van der Waals surface area contributed by atoms with Crippen LogP contribution in [-0.2, 0) is 0 Å². The van der Waals surface area contributed by atoms with Crippen LogP contribution in [0.5, 0.6) is 12.0 Å². The van der Waals surface area contributed by atoms with Gasteiger partial charge >= 0.3 is 12.0 Å². The van der Waals surface area contributed by atoms with Gasteiger partial charge in [0.15, 0.2) is 0 Å². The van der Waals surface area contributed by atoms with Gasteiger partial charge in [-0.1, -0.05) is 0 Å².